The third-order valence-electron chi connectivity index (χ3n) is 6.45. The highest BCUT2D eigenvalue weighted by Gasteiger charge is 2.27. The third-order valence-corrected chi connectivity index (χ3v) is 6.45. The number of esters is 2. The van der Waals surface area contributed by atoms with E-state index in [1.165, 1.54) is 31.8 Å². The Hall–Kier alpha value is -3.28. The van der Waals surface area contributed by atoms with Gasteiger partial charge in [0.25, 0.3) is 0 Å². The molecule has 1 fully saturated rings. The first-order chi connectivity index (χ1) is 16.4. The SMILES string of the molecule is CCCCCC1CCC(C(=O)Oc2ccc(C=CC(=O)OCc3ccc(N)cc3N)cc2)CC1. The van der Waals surface area contributed by atoms with E-state index >= 15 is 0 Å². The molecule has 182 valence electrons. The number of rotatable bonds is 10. The quantitative estimate of drug-likeness (QED) is 0.149. The Morgan fingerprint density at radius 1 is 1.00 bits per heavy atom. The van der Waals surface area contributed by atoms with Crippen molar-refractivity contribution in [2.45, 2.75) is 64.9 Å². The van der Waals surface area contributed by atoms with E-state index in [-0.39, 0.29) is 18.5 Å². The van der Waals surface area contributed by atoms with Crippen molar-refractivity contribution < 1.29 is 19.1 Å². The van der Waals surface area contributed by atoms with Crippen LogP contribution in [0.4, 0.5) is 11.4 Å². The van der Waals surface area contributed by atoms with Crippen LogP contribution in [0.15, 0.2) is 48.5 Å². The Bertz CT molecular complexity index is 976. The lowest BCUT2D eigenvalue weighted by molar-refractivity contribution is -0.140. The molecule has 1 aliphatic carbocycles. The van der Waals surface area contributed by atoms with Gasteiger partial charge < -0.3 is 20.9 Å². The molecule has 0 unspecified atom stereocenters. The van der Waals surface area contributed by atoms with Gasteiger partial charge in [0.2, 0.25) is 0 Å². The summed E-state index contributed by atoms with van der Waals surface area (Å²) in [6.45, 7) is 2.30. The van der Waals surface area contributed by atoms with Crippen LogP contribution in [-0.4, -0.2) is 11.9 Å². The summed E-state index contributed by atoms with van der Waals surface area (Å²) in [4.78, 5) is 24.6. The summed E-state index contributed by atoms with van der Waals surface area (Å²) in [5, 5.41) is 0. The molecule has 0 amide bonds. The second kappa shape index (κ2) is 12.8. The van der Waals surface area contributed by atoms with E-state index in [9.17, 15) is 9.59 Å². The molecule has 0 saturated heterocycles. The number of carbonyl (C=O) groups is 2. The third kappa shape index (κ3) is 7.94. The number of carbonyl (C=O) groups excluding carboxylic acids is 2. The molecule has 0 radical (unpaired) electrons. The maximum Gasteiger partial charge on any atom is 0.331 e. The van der Waals surface area contributed by atoms with Gasteiger partial charge in [0.15, 0.2) is 0 Å². The van der Waals surface area contributed by atoms with Gasteiger partial charge in [-0.1, -0.05) is 50.8 Å². The molecule has 0 aliphatic heterocycles. The number of unbranched alkanes of at least 4 members (excludes halogenated alkanes) is 2. The van der Waals surface area contributed by atoms with E-state index in [0.29, 0.717) is 22.7 Å². The molecule has 0 atom stereocenters. The molecule has 1 saturated carbocycles. The predicted octanol–water partition coefficient (Wildman–Crippen LogP) is 5.90. The maximum atomic E-state index is 12.6. The van der Waals surface area contributed by atoms with Crippen LogP contribution in [0.3, 0.4) is 0 Å². The fourth-order valence-corrected chi connectivity index (χ4v) is 4.32. The lowest BCUT2D eigenvalue weighted by Gasteiger charge is -2.27. The van der Waals surface area contributed by atoms with Gasteiger partial charge >= 0.3 is 11.9 Å². The van der Waals surface area contributed by atoms with Crippen LogP contribution in [0.1, 0.15) is 69.4 Å². The number of nitrogen functional groups attached to an aromatic ring is 2. The van der Waals surface area contributed by atoms with Gasteiger partial charge in [0.1, 0.15) is 12.4 Å². The summed E-state index contributed by atoms with van der Waals surface area (Å²) in [5.41, 5.74) is 14.1. The molecule has 3 rings (SSSR count). The van der Waals surface area contributed by atoms with Crippen LogP contribution < -0.4 is 16.2 Å². The normalized spacial score (nSPS) is 18.0. The molecule has 4 N–H and O–H groups in total. The van der Waals surface area contributed by atoms with Crippen molar-refractivity contribution in [3.8, 4) is 5.75 Å². The Kier molecular flexibility index (Phi) is 9.56. The monoisotopic (exact) mass is 464 g/mol. The summed E-state index contributed by atoms with van der Waals surface area (Å²) < 4.78 is 10.8. The lowest BCUT2D eigenvalue weighted by atomic mass is 9.80. The van der Waals surface area contributed by atoms with Crippen LogP contribution in [0.25, 0.3) is 6.08 Å². The van der Waals surface area contributed by atoms with E-state index in [1.807, 2.05) is 0 Å². The van der Waals surface area contributed by atoms with E-state index in [2.05, 4.69) is 6.92 Å². The number of anilines is 2. The fraction of sp³-hybridized carbons (Fsp3) is 0.429. The van der Waals surface area contributed by atoms with Crippen LogP contribution in [0.5, 0.6) is 5.75 Å². The largest absolute Gasteiger partial charge is 0.458 e. The van der Waals surface area contributed by atoms with Gasteiger partial charge in [0, 0.05) is 23.0 Å². The lowest BCUT2D eigenvalue weighted by Crippen LogP contribution is -2.25. The van der Waals surface area contributed by atoms with Crippen LogP contribution >= 0.6 is 0 Å². The van der Waals surface area contributed by atoms with Crippen molar-refractivity contribution in [1.29, 1.82) is 0 Å². The molecular weight excluding hydrogens is 428 g/mol. The second-order valence-corrected chi connectivity index (χ2v) is 9.10. The van der Waals surface area contributed by atoms with E-state index in [4.69, 9.17) is 20.9 Å². The van der Waals surface area contributed by atoms with Gasteiger partial charge in [-0.3, -0.25) is 4.79 Å². The Morgan fingerprint density at radius 2 is 1.74 bits per heavy atom. The molecule has 2 aromatic carbocycles. The zero-order chi connectivity index (χ0) is 24.3. The highest BCUT2D eigenvalue weighted by Crippen LogP contribution is 2.33. The van der Waals surface area contributed by atoms with Crippen molar-refractivity contribution in [2.75, 3.05) is 11.5 Å². The van der Waals surface area contributed by atoms with Gasteiger partial charge in [-0.15, -0.1) is 0 Å². The number of nitrogens with two attached hydrogens (primary N) is 2. The van der Waals surface area contributed by atoms with Crippen LogP contribution in [-0.2, 0) is 20.9 Å². The van der Waals surface area contributed by atoms with Gasteiger partial charge in [-0.25, -0.2) is 4.79 Å². The highest BCUT2D eigenvalue weighted by molar-refractivity contribution is 5.87. The van der Waals surface area contributed by atoms with Crippen molar-refractivity contribution >= 4 is 29.4 Å². The molecule has 0 bridgehead atoms. The second-order valence-electron chi connectivity index (χ2n) is 9.10. The number of ether oxygens (including phenoxy) is 2. The summed E-state index contributed by atoms with van der Waals surface area (Å²) in [5.74, 6) is 0.663. The molecule has 0 heterocycles. The molecule has 0 aromatic heterocycles. The zero-order valence-electron chi connectivity index (χ0n) is 20.0. The van der Waals surface area contributed by atoms with E-state index in [1.54, 1.807) is 48.5 Å². The minimum absolute atomic E-state index is 0.00754. The number of hydrogen-bond donors (Lipinski definition) is 2. The molecule has 6 nitrogen and oxygen atoms in total. The van der Waals surface area contributed by atoms with Crippen LogP contribution in [0.2, 0.25) is 0 Å². The van der Waals surface area contributed by atoms with Gasteiger partial charge in [0.05, 0.1) is 5.92 Å². The number of hydrogen-bond acceptors (Lipinski definition) is 6. The molecule has 2 aromatic rings. The highest BCUT2D eigenvalue weighted by atomic mass is 16.5. The zero-order valence-corrected chi connectivity index (χ0v) is 20.0. The Morgan fingerprint density at radius 3 is 2.41 bits per heavy atom. The first-order valence-electron chi connectivity index (χ1n) is 12.2. The maximum absolute atomic E-state index is 12.6. The topological polar surface area (TPSA) is 105 Å². The summed E-state index contributed by atoms with van der Waals surface area (Å²) >= 11 is 0. The average molecular weight is 465 g/mol. The van der Waals surface area contributed by atoms with E-state index < -0.39 is 5.97 Å². The fourth-order valence-electron chi connectivity index (χ4n) is 4.32. The van der Waals surface area contributed by atoms with Gasteiger partial charge in [-0.05, 0) is 67.5 Å². The predicted molar refractivity (Wildman–Crippen MR) is 136 cm³/mol. The standard InChI is InChI=1S/C28H36N2O4/c1-2-3-4-5-20-6-11-22(12-7-20)28(32)34-25-15-8-21(9-16-25)10-17-27(31)33-19-23-13-14-24(29)18-26(23)30/h8-10,13-18,20,22H,2-7,11-12,19,29-30H2,1H3. The smallest absolute Gasteiger partial charge is 0.331 e. The van der Waals surface area contributed by atoms with Crippen molar-refractivity contribution in [1.82, 2.24) is 0 Å². The minimum Gasteiger partial charge on any atom is -0.458 e. The molecular formula is C28H36N2O4. The summed E-state index contributed by atoms with van der Waals surface area (Å²) in [6, 6.07) is 12.2. The molecule has 0 spiro atoms. The van der Waals surface area contributed by atoms with E-state index in [0.717, 1.165) is 37.2 Å². The number of benzene rings is 2. The Labute approximate surface area is 202 Å². The molecule has 6 heteroatoms. The van der Waals surface area contributed by atoms with Gasteiger partial charge in [-0.2, -0.15) is 0 Å². The first kappa shape index (κ1) is 25.3. The summed E-state index contributed by atoms with van der Waals surface area (Å²) in [6.07, 6.45) is 12.2. The summed E-state index contributed by atoms with van der Waals surface area (Å²) in [7, 11) is 0. The van der Waals surface area contributed by atoms with Crippen molar-refractivity contribution in [3.63, 3.8) is 0 Å². The first-order valence-corrected chi connectivity index (χ1v) is 12.2. The minimum atomic E-state index is -0.475. The van der Waals surface area contributed by atoms with Crippen molar-refractivity contribution in [3.05, 3.63) is 59.7 Å². The Balaban J connectivity index is 1.41. The average Bonchev–Trinajstić information content (AvgIpc) is 2.83. The molecule has 34 heavy (non-hydrogen) atoms. The van der Waals surface area contributed by atoms with Crippen LogP contribution in [0, 0.1) is 11.8 Å². The molecule has 1 aliphatic rings. The van der Waals surface area contributed by atoms with Crippen molar-refractivity contribution in [2.24, 2.45) is 11.8 Å².